The van der Waals surface area contributed by atoms with Crippen molar-refractivity contribution < 1.29 is 0 Å². The normalized spacial score (nSPS) is 9.90. The lowest BCUT2D eigenvalue weighted by Crippen LogP contribution is -2.33. The number of nitriles is 2. The lowest BCUT2D eigenvalue weighted by atomic mass is 9.94. The van der Waals surface area contributed by atoms with E-state index in [2.05, 4.69) is 0 Å². The molecule has 0 unspecified atom stereocenters. The fourth-order valence-electron chi connectivity index (χ4n) is 2.11. The molecule has 0 spiro atoms. The summed E-state index contributed by atoms with van der Waals surface area (Å²) < 4.78 is 0.627. The van der Waals surface area contributed by atoms with Crippen molar-refractivity contribution in [2.75, 3.05) is 11.6 Å². The van der Waals surface area contributed by atoms with Crippen LogP contribution in [0.15, 0.2) is 23.0 Å². The van der Waals surface area contributed by atoms with Gasteiger partial charge in [-0.2, -0.15) is 10.5 Å². The maximum atomic E-state index is 12.1. The van der Waals surface area contributed by atoms with Gasteiger partial charge in [-0.05, 0) is 30.5 Å². The number of hydrogen-bond acceptors (Lipinski definition) is 5. The van der Waals surface area contributed by atoms with Gasteiger partial charge in [-0.3, -0.25) is 4.79 Å². The van der Waals surface area contributed by atoms with E-state index in [1.807, 2.05) is 38.1 Å². The summed E-state index contributed by atoms with van der Waals surface area (Å²) in [6.45, 7) is 3.85. The van der Waals surface area contributed by atoms with Crippen molar-refractivity contribution in [2.24, 2.45) is 0 Å². The van der Waals surface area contributed by atoms with Gasteiger partial charge in [-0.1, -0.05) is 18.2 Å². The molecule has 104 valence electrons. The predicted molar refractivity (Wildman–Crippen MR) is 79.6 cm³/mol. The summed E-state index contributed by atoms with van der Waals surface area (Å²) in [5.74, 6) is 5.35. The lowest BCUT2D eigenvalue weighted by molar-refractivity contribution is 0.942. The average Bonchev–Trinajstić information content (AvgIpc) is 2.47. The van der Waals surface area contributed by atoms with Crippen LogP contribution in [0.1, 0.15) is 22.3 Å². The van der Waals surface area contributed by atoms with Crippen molar-refractivity contribution in [3.05, 3.63) is 50.8 Å². The monoisotopic (exact) mass is 279 g/mol. The number of anilines is 1. The topological polar surface area (TPSA) is 122 Å². The molecule has 6 heteroatoms. The summed E-state index contributed by atoms with van der Waals surface area (Å²) in [5.41, 5.74) is 7.72. The number of nitrogen functional groups attached to an aromatic ring is 2. The van der Waals surface area contributed by atoms with Crippen LogP contribution < -0.4 is 17.1 Å². The first-order valence-corrected chi connectivity index (χ1v) is 6.13. The highest BCUT2D eigenvalue weighted by Crippen LogP contribution is 2.29. The van der Waals surface area contributed by atoms with E-state index in [1.54, 1.807) is 6.07 Å². The van der Waals surface area contributed by atoms with Gasteiger partial charge >= 0.3 is 0 Å². The van der Waals surface area contributed by atoms with Crippen molar-refractivity contribution in [1.29, 1.82) is 10.5 Å². The second-order valence-corrected chi connectivity index (χ2v) is 4.71. The lowest BCUT2D eigenvalue weighted by Gasteiger charge is -2.13. The van der Waals surface area contributed by atoms with Gasteiger partial charge in [0, 0.05) is 5.56 Å². The molecular weight excluding hydrogens is 266 g/mol. The van der Waals surface area contributed by atoms with Crippen molar-refractivity contribution in [3.63, 3.8) is 0 Å². The third-order valence-electron chi connectivity index (χ3n) is 3.47. The van der Waals surface area contributed by atoms with E-state index in [0.29, 0.717) is 10.2 Å². The van der Waals surface area contributed by atoms with Crippen LogP contribution in [0.2, 0.25) is 0 Å². The minimum atomic E-state index is -0.720. The summed E-state index contributed by atoms with van der Waals surface area (Å²) in [5, 5.41) is 18.6. The van der Waals surface area contributed by atoms with Crippen LogP contribution in [-0.2, 0) is 0 Å². The van der Waals surface area contributed by atoms with Crippen LogP contribution in [-0.4, -0.2) is 4.68 Å². The molecule has 1 aromatic heterocycles. The third kappa shape index (κ3) is 2.09. The van der Waals surface area contributed by atoms with E-state index < -0.39 is 5.56 Å². The Kier molecular flexibility index (Phi) is 3.39. The molecule has 0 radical (unpaired) electrons. The van der Waals surface area contributed by atoms with Crippen molar-refractivity contribution in [2.45, 2.75) is 13.8 Å². The van der Waals surface area contributed by atoms with Crippen LogP contribution in [0.5, 0.6) is 0 Å². The van der Waals surface area contributed by atoms with E-state index >= 15 is 0 Å². The van der Waals surface area contributed by atoms with Gasteiger partial charge in [0.15, 0.2) is 0 Å². The quantitative estimate of drug-likeness (QED) is 0.759. The maximum Gasteiger partial charge on any atom is 0.289 e. The molecule has 0 saturated carbocycles. The Hall–Kier alpha value is -3.25. The molecule has 0 saturated heterocycles. The summed E-state index contributed by atoms with van der Waals surface area (Å²) >= 11 is 0. The van der Waals surface area contributed by atoms with Crippen molar-refractivity contribution >= 4 is 5.82 Å². The molecular formula is C15H13N5O. The number of hydrogen-bond donors (Lipinski definition) is 2. The molecule has 0 amide bonds. The average molecular weight is 279 g/mol. The summed E-state index contributed by atoms with van der Waals surface area (Å²) in [6, 6.07) is 9.16. The molecule has 1 aromatic carbocycles. The highest BCUT2D eigenvalue weighted by Gasteiger charge is 2.20. The Morgan fingerprint density at radius 3 is 2.24 bits per heavy atom. The zero-order valence-electron chi connectivity index (χ0n) is 11.6. The summed E-state index contributed by atoms with van der Waals surface area (Å²) in [7, 11) is 0. The first kappa shape index (κ1) is 14.2. The zero-order valence-corrected chi connectivity index (χ0v) is 11.6. The van der Waals surface area contributed by atoms with Crippen molar-refractivity contribution in [3.8, 4) is 23.3 Å². The predicted octanol–water partition coefficient (Wildman–Crippen LogP) is 1.17. The van der Waals surface area contributed by atoms with Gasteiger partial charge in [0.2, 0.25) is 0 Å². The second-order valence-electron chi connectivity index (χ2n) is 4.71. The molecule has 0 atom stereocenters. The van der Waals surface area contributed by atoms with Crippen LogP contribution in [0, 0.1) is 36.5 Å². The van der Waals surface area contributed by atoms with Gasteiger partial charge in [-0.25, -0.2) is 4.68 Å². The minimum absolute atomic E-state index is 0.0249. The number of aryl methyl sites for hydroxylation is 2. The molecule has 6 nitrogen and oxygen atoms in total. The first-order chi connectivity index (χ1) is 9.92. The molecule has 4 N–H and O–H groups in total. The fourth-order valence-corrected chi connectivity index (χ4v) is 2.11. The Balaban J connectivity index is 2.98. The number of benzene rings is 1. The van der Waals surface area contributed by atoms with Crippen LogP contribution in [0.4, 0.5) is 5.82 Å². The van der Waals surface area contributed by atoms with E-state index in [1.165, 1.54) is 0 Å². The van der Waals surface area contributed by atoms with Gasteiger partial charge in [0.25, 0.3) is 5.56 Å². The van der Waals surface area contributed by atoms with Crippen molar-refractivity contribution in [1.82, 2.24) is 4.68 Å². The molecule has 0 fully saturated rings. The van der Waals surface area contributed by atoms with Gasteiger partial charge in [0.1, 0.15) is 29.1 Å². The smallest absolute Gasteiger partial charge is 0.289 e. The SMILES string of the molecule is Cc1ccc(-c2c(C#N)c(N)n(N)c(=O)c2C#N)cc1C. The number of rotatable bonds is 1. The Morgan fingerprint density at radius 1 is 1.10 bits per heavy atom. The molecule has 1 heterocycles. The Morgan fingerprint density at radius 2 is 1.71 bits per heavy atom. The minimum Gasteiger partial charge on any atom is -0.382 e. The summed E-state index contributed by atoms with van der Waals surface area (Å²) in [4.78, 5) is 12.1. The fraction of sp³-hybridized carbons (Fsp3) is 0.133. The van der Waals surface area contributed by atoms with Crippen LogP contribution in [0.25, 0.3) is 11.1 Å². The molecule has 21 heavy (non-hydrogen) atoms. The zero-order chi connectivity index (χ0) is 15.7. The van der Waals surface area contributed by atoms with Crippen LogP contribution in [0.3, 0.4) is 0 Å². The number of nitrogens with two attached hydrogens (primary N) is 2. The maximum absolute atomic E-state index is 12.1. The van der Waals surface area contributed by atoms with Gasteiger partial charge in [-0.15, -0.1) is 0 Å². The van der Waals surface area contributed by atoms with E-state index in [4.69, 9.17) is 11.6 Å². The van der Waals surface area contributed by atoms with E-state index in [9.17, 15) is 15.3 Å². The number of pyridine rings is 1. The molecule has 2 aromatic rings. The second kappa shape index (κ2) is 5.03. The molecule has 0 aliphatic carbocycles. The Bertz CT molecular complexity index is 881. The molecule has 0 bridgehead atoms. The van der Waals surface area contributed by atoms with Gasteiger partial charge < -0.3 is 11.6 Å². The number of aromatic nitrogens is 1. The largest absolute Gasteiger partial charge is 0.382 e. The van der Waals surface area contributed by atoms with Gasteiger partial charge in [0.05, 0.1) is 0 Å². The number of nitrogens with zero attached hydrogens (tertiary/aromatic N) is 3. The third-order valence-corrected chi connectivity index (χ3v) is 3.47. The summed E-state index contributed by atoms with van der Waals surface area (Å²) in [6.07, 6.45) is 0. The van der Waals surface area contributed by atoms with E-state index in [0.717, 1.165) is 11.1 Å². The highest BCUT2D eigenvalue weighted by molar-refractivity contribution is 5.80. The molecule has 0 aliphatic heterocycles. The molecule has 0 aliphatic rings. The Labute approximate surface area is 121 Å². The first-order valence-electron chi connectivity index (χ1n) is 6.13. The van der Waals surface area contributed by atoms with E-state index in [-0.39, 0.29) is 22.5 Å². The highest BCUT2D eigenvalue weighted by atomic mass is 16.1. The molecule has 2 rings (SSSR count). The standard InChI is InChI=1S/C15H13N5O/c1-8-3-4-10(5-9(8)2)13-11(6-16)14(18)20(19)15(21)12(13)7-17/h3-5H,18-19H2,1-2H3. The van der Waals surface area contributed by atoms with Crippen LogP contribution >= 0.6 is 0 Å².